The average molecular weight is 419 g/mol. The van der Waals surface area contributed by atoms with Crippen molar-refractivity contribution < 1.29 is 14.4 Å². The predicted molar refractivity (Wildman–Crippen MR) is 115 cm³/mol. The number of piperazine rings is 1. The molecule has 0 bridgehead atoms. The summed E-state index contributed by atoms with van der Waals surface area (Å²) in [5.74, 6) is 0.692. The molecular formula is C21H30N4O3S. The van der Waals surface area contributed by atoms with E-state index in [0.717, 1.165) is 24.4 Å². The van der Waals surface area contributed by atoms with Crippen LogP contribution in [-0.4, -0.2) is 89.4 Å². The lowest BCUT2D eigenvalue weighted by Crippen LogP contribution is -2.57. The van der Waals surface area contributed by atoms with Crippen molar-refractivity contribution in [2.75, 3.05) is 45.5 Å². The summed E-state index contributed by atoms with van der Waals surface area (Å²) in [6.07, 6.45) is 1.30. The van der Waals surface area contributed by atoms with Crippen LogP contribution in [0, 0.1) is 0 Å². The van der Waals surface area contributed by atoms with Gasteiger partial charge in [-0.15, -0.1) is 0 Å². The number of likely N-dealkylation sites (N-methyl/N-ethyl adjacent to an activating group) is 1. The van der Waals surface area contributed by atoms with Gasteiger partial charge in [-0.3, -0.25) is 9.59 Å². The monoisotopic (exact) mass is 418 g/mol. The Morgan fingerprint density at radius 3 is 2.52 bits per heavy atom. The van der Waals surface area contributed by atoms with Gasteiger partial charge in [0.1, 0.15) is 12.1 Å². The normalized spacial score (nSPS) is 21.1. The molecule has 0 aliphatic carbocycles. The number of carbonyl (C=O) groups excluding carboxylic acids is 3. The van der Waals surface area contributed by atoms with Crippen LogP contribution in [0.15, 0.2) is 30.3 Å². The van der Waals surface area contributed by atoms with Crippen LogP contribution in [0.25, 0.3) is 0 Å². The highest BCUT2D eigenvalue weighted by Gasteiger charge is 2.33. The molecule has 1 aromatic carbocycles. The molecule has 0 saturated carbocycles. The van der Waals surface area contributed by atoms with Crippen LogP contribution < -0.4 is 5.32 Å². The van der Waals surface area contributed by atoms with Gasteiger partial charge in [0.25, 0.3) is 0 Å². The highest BCUT2D eigenvalue weighted by Crippen LogP contribution is 2.20. The van der Waals surface area contributed by atoms with Crippen molar-refractivity contribution in [1.29, 1.82) is 0 Å². The topological polar surface area (TPSA) is 73.0 Å². The molecule has 3 amide bonds. The Kier molecular flexibility index (Phi) is 7.55. The zero-order valence-corrected chi connectivity index (χ0v) is 18.0. The van der Waals surface area contributed by atoms with Gasteiger partial charge in [0.2, 0.25) is 11.0 Å². The predicted octanol–water partition coefficient (Wildman–Crippen LogP) is 1.44. The van der Waals surface area contributed by atoms with E-state index in [1.165, 1.54) is 11.8 Å². The minimum Gasteiger partial charge on any atom is -0.338 e. The lowest BCUT2D eigenvalue weighted by molar-refractivity contribution is -0.137. The first-order chi connectivity index (χ1) is 14.0. The standard InChI is InChI=1S/C21H30N4O3S/c1-16(19(26)24-13-11-23(2)12-14-24)25(10-8-17-6-4-3-5-7-17)21(28)22-18-9-15-29-20(18)27/h3-7,16,18H,8-15H2,1-2H3,(H,22,28)/t16-,18?/m0/s1. The van der Waals surface area contributed by atoms with Crippen LogP contribution in [0.5, 0.6) is 0 Å². The van der Waals surface area contributed by atoms with Gasteiger partial charge in [-0.05, 0) is 32.4 Å². The first-order valence-electron chi connectivity index (χ1n) is 10.2. The summed E-state index contributed by atoms with van der Waals surface area (Å²) in [7, 11) is 2.04. The van der Waals surface area contributed by atoms with Crippen molar-refractivity contribution in [2.45, 2.75) is 31.8 Å². The van der Waals surface area contributed by atoms with Gasteiger partial charge >= 0.3 is 6.03 Å². The number of thioether (sulfide) groups is 1. The molecule has 1 unspecified atom stereocenters. The number of nitrogens with one attached hydrogen (secondary N) is 1. The third-order valence-corrected chi connectivity index (χ3v) is 6.63. The summed E-state index contributed by atoms with van der Waals surface area (Å²) in [5.41, 5.74) is 1.11. The SMILES string of the molecule is C[C@@H](C(=O)N1CCN(C)CC1)N(CCc1ccccc1)C(=O)NC1CCSC1=O. The molecule has 1 aromatic rings. The zero-order chi connectivity index (χ0) is 20.8. The number of hydrogen-bond donors (Lipinski definition) is 1. The number of amides is 3. The fourth-order valence-electron chi connectivity index (χ4n) is 3.65. The van der Waals surface area contributed by atoms with Crippen LogP contribution in [0.1, 0.15) is 18.9 Å². The highest BCUT2D eigenvalue weighted by molar-refractivity contribution is 8.14. The smallest absolute Gasteiger partial charge is 0.318 e. The number of hydrogen-bond acceptors (Lipinski definition) is 5. The summed E-state index contributed by atoms with van der Waals surface area (Å²) >= 11 is 1.25. The molecule has 2 saturated heterocycles. The first-order valence-corrected chi connectivity index (χ1v) is 11.2. The third kappa shape index (κ3) is 5.73. The number of carbonyl (C=O) groups is 3. The average Bonchev–Trinajstić information content (AvgIpc) is 3.13. The van der Waals surface area contributed by atoms with E-state index in [9.17, 15) is 14.4 Å². The van der Waals surface area contributed by atoms with Gasteiger partial charge in [-0.1, -0.05) is 42.1 Å². The third-order valence-electron chi connectivity index (χ3n) is 5.62. The van der Waals surface area contributed by atoms with Gasteiger partial charge in [0, 0.05) is 38.5 Å². The summed E-state index contributed by atoms with van der Waals surface area (Å²) in [4.78, 5) is 43.7. The lowest BCUT2D eigenvalue weighted by atomic mass is 10.1. The summed E-state index contributed by atoms with van der Waals surface area (Å²) < 4.78 is 0. The van der Waals surface area contributed by atoms with Crippen molar-refractivity contribution in [3.63, 3.8) is 0 Å². The Hall–Kier alpha value is -2.06. The molecule has 0 aromatic heterocycles. The zero-order valence-electron chi connectivity index (χ0n) is 17.2. The molecule has 29 heavy (non-hydrogen) atoms. The lowest BCUT2D eigenvalue weighted by Gasteiger charge is -2.37. The fraction of sp³-hybridized carbons (Fsp3) is 0.571. The van der Waals surface area contributed by atoms with Crippen LogP contribution in [-0.2, 0) is 16.0 Å². The molecule has 8 heteroatoms. The molecule has 2 atom stereocenters. The van der Waals surface area contributed by atoms with Gasteiger partial charge in [0.15, 0.2) is 0 Å². The first kappa shape index (κ1) is 21.6. The Bertz CT molecular complexity index is 722. The number of nitrogens with zero attached hydrogens (tertiary/aromatic N) is 3. The molecule has 2 aliphatic rings. The number of rotatable bonds is 6. The molecule has 2 fully saturated rings. The van der Waals surface area contributed by atoms with Gasteiger partial charge < -0.3 is 20.0 Å². The molecule has 3 rings (SSSR count). The van der Waals surface area contributed by atoms with Crippen molar-refractivity contribution in [1.82, 2.24) is 20.0 Å². The molecule has 1 N–H and O–H groups in total. The van der Waals surface area contributed by atoms with E-state index in [2.05, 4.69) is 10.2 Å². The molecule has 2 heterocycles. The van der Waals surface area contributed by atoms with E-state index in [1.54, 1.807) is 11.8 Å². The van der Waals surface area contributed by atoms with E-state index in [-0.39, 0.29) is 17.1 Å². The number of benzene rings is 1. The maximum Gasteiger partial charge on any atom is 0.318 e. The van der Waals surface area contributed by atoms with E-state index >= 15 is 0 Å². The van der Waals surface area contributed by atoms with Gasteiger partial charge in [0.05, 0.1) is 0 Å². The van der Waals surface area contributed by atoms with E-state index in [0.29, 0.717) is 32.5 Å². The molecule has 2 aliphatic heterocycles. The fourth-order valence-corrected chi connectivity index (χ4v) is 4.58. The Balaban J connectivity index is 1.68. The quantitative estimate of drug-likeness (QED) is 0.757. The molecule has 158 valence electrons. The van der Waals surface area contributed by atoms with Crippen molar-refractivity contribution in [2.24, 2.45) is 0 Å². The van der Waals surface area contributed by atoms with Crippen LogP contribution in [0.4, 0.5) is 4.79 Å². The Morgan fingerprint density at radius 2 is 1.90 bits per heavy atom. The molecule has 0 radical (unpaired) electrons. The molecule has 0 spiro atoms. The second kappa shape index (κ2) is 10.1. The van der Waals surface area contributed by atoms with Crippen molar-refractivity contribution in [3.05, 3.63) is 35.9 Å². The largest absolute Gasteiger partial charge is 0.338 e. The highest BCUT2D eigenvalue weighted by atomic mass is 32.2. The van der Waals surface area contributed by atoms with Crippen LogP contribution in [0.2, 0.25) is 0 Å². The Labute approximate surface area is 176 Å². The minimum atomic E-state index is -0.578. The van der Waals surface area contributed by atoms with E-state index in [1.807, 2.05) is 42.3 Å². The molecular weight excluding hydrogens is 388 g/mol. The van der Waals surface area contributed by atoms with Crippen molar-refractivity contribution >= 4 is 28.8 Å². The number of urea groups is 1. The second-order valence-electron chi connectivity index (χ2n) is 7.69. The minimum absolute atomic E-state index is 0.000549. The summed E-state index contributed by atoms with van der Waals surface area (Å²) in [6.45, 7) is 5.23. The maximum atomic E-state index is 13.1. The van der Waals surface area contributed by atoms with Crippen molar-refractivity contribution in [3.8, 4) is 0 Å². The van der Waals surface area contributed by atoms with Crippen LogP contribution >= 0.6 is 11.8 Å². The van der Waals surface area contributed by atoms with Gasteiger partial charge in [-0.2, -0.15) is 0 Å². The summed E-state index contributed by atoms with van der Waals surface area (Å²) in [5, 5.41) is 2.85. The molecule has 7 nitrogen and oxygen atoms in total. The maximum absolute atomic E-state index is 13.1. The van der Waals surface area contributed by atoms with Crippen LogP contribution in [0.3, 0.4) is 0 Å². The second-order valence-corrected chi connectivity index (χ2v) is 8.79. The van der Waals surface area contributed by atoms with E-state index < -0.39 is 12.1 Å². The van der Waals surface area contributed by atoms with E-state index in [4.69, 9.17) is 0 Å². The Morgan fingerprint density at radius 1 is 1.21 bits per heavy atom. The summed E-state index contributed by atoms with van der Waals surface area (Å²) in [6, 6.07) is 8.54. The van der Waals surface area contributed by atoms with Gasteiger partial charge in [-0.25, -0.2) is 4.79 Å².